The molecule has 0 saturated heterocycles. The number of nitrogens with zero attached hydrogens (tertiary/aromatic N) is 4. The van der Waals surface area contributed by atoms with Gasteiger partial charge < -0.3 is 0 Å². The van der Waals surface area contributed by atoms with Crippen LogP contribution in [0.5, 0.6) is 0 Å². The highest BCUT2D eigenvalue weighted by Crippen LogP contribution is 2.38. The zero-order valence-corrected chi connectivity index (χ0v) is 16.0. The van der Waals surface area contributed by atoms with Gasteiger partial charge in [-0.1, -0.05) is 59.6 Å². The van der Waals surface area contributed by atoms with Crippen molar-refractivity contribution in [2.75, 3.05) is 0 Å². The highest BCUT2D eigenvalue weighted by molar-refractivity contribution is 6.38. The van der Waals surface area contributed by atoms with Crippen LogP contribution in [0.3, 0.4) is 0 Å². The molecule has 3 aromatic rings. The summed E-state index contributed by atoms with van der Waals surface area (Å²) in [5.74, 6) is 0.183. The van der Waals surface area contributed by atoms with E-state index in [1.807, 2.05) is 42.5 Å². The number of rotatable bonds is 4. The minimum atomic E-state index is -4.60. The molecule has 0 radical (unpaired) electrons. The molecule has 0 saturated carbocycles. The fourth-order valence-electron chi connectivity index (χ4n) is 2.45. The molecule has 1 heterocycles. The summed E-state index contributed by atoms with van der Waals surface area (Å²) in [4.78, 5) is 4.22. The van der Waals surface area contributed by atoms with Crippen molar-refractivity contribution in [2.45, 2.75) is 6.18 Å². The maximum absolute atomic E-state index is 13.0. The van der Waals surface area contributed by atoms with Gasteiger partial charge in [-0.3, -0.25) is 0 Å². The molecule has 0 aliphatic rings. The first kappa shape index (κ1) is 20.6. The van der Waals surface area contributed by atoms with Crippen LogP contribution in [0.25, 0.3) is 11.8 Å². The van der Waals surface area contributed by atoms with E-state index >= 15 is 0 Å². The SMILES string of the molecule is N#Cc1cc(/N=C/C=C/c2ccccc2)n(-c2c(Cl)cc(C(F)(F)F)cc2Cl)n1. The molecule has 1 aromatic heterocycles. The fourth-order valence-corrected chi connectivity index (χ4v) is 3.10. The fraction of sp³-hybridized carbons (Fsp3) is 0.0500. The van der Waals surface area contributed by atoms with E-state index < -0.39 is 11.7 Å². The van der Waals surface area contributed by atoms with E-state index in [-0.39, 0.29) is 27.2 Å². The number of hydrogen-bond acceptors (Lipinski definition) is 3. The van der Waals surface area contributed by atoms with Gasteiger partial charge in [0.05, 0.1) is 15.6 Å². The summed E-state index contributed by atoms with van der Waals surface area (Å²) in [7, 11) is 0. The van der Waals surface area contributed by atoms with E-state index in [1.165, 1.54) is 12.3 Å². The predicted octanol–water partition coefficient (Wildman–Crippen LogP) is 6.49. The first-order valence-electron chi connectivity index (χ1n) is 8.12. The van der Waals surface area contributed by atoms with Gasteiger partial charge in [0.15, 0.2) is 11.5 Å². The number of hydrogen-bond donors (Lipinski definition) is 0. The Morgan fingerprint density at radius 2 is 1.72 bits per heavy atom. The third-order valence-corrected chi connectivity index (χ3v) is 4.32. The van der Waals surface area contributed by atoms with E-state index in [2.05, 4.69) is 10.1 Å². The zero-order chi connectivity index (χ0) is 21.0. The summed E-state index contributed by atoms with van der Waals surface area (Å²) >= 11 is 12.1. The molecular weight excluding hydrogens is 424 g/mol. The first-order valence-corrected chi connectivity index (χ1v) is 8.88. The van der Waals surface area contributed by atoms with Gasteiger partial charge in [-0.05, 0) is 23.8 Å². The van der Waals surface area contributed by atoms with E-state index in [9.17, 15) is 13.2 Å². The van der Waals surface area contributed by atoms with Crippen LogP contribution in [-0.4, -0.2) is 16.0 Å². The predicted molar refractivity (Wildman–Crippen MR) is 107 cm³/mol. The van der Waals surface area contributed by atoms with E-state index in [0.717, 1.165) is 22.4 Å². The van der Waals surface area contributed by atoms with Crippen molar-refractivity contribution in [3.63, 3.8) is 0 Å². The zero-order valence-electron chi connectivity index (χ0n) is 14.5. The van der Waals surface area contributed by atoms with E-state index in [4.69, 9.17) is 28.5 Å². The van der Waals surface area contributed by atoms with Gasteiger partial charge in [0, 0.05) is 12.3 Å². The van der Waals surface area contributed by atoms with Crippen LogP contribution in [0, 0.1) is 11.3 Å². The lowest BCUT2D eigenvalue weighted by Crippen LogP contribution is -2.07. The van der Waals surface area contributed by atoms with Crippen LogP contribution in [0.1, 0.15) is 16.8 Å². The summed E-state index contributed by atoms with van der Waals surface area (Å²) < 4.78 is 40.0. The molecule has 4 nitrogen and oxygen atoms in total. The maximum Gasteiger partial charge on any atom is 0.416 e. The molecule has 0 N–H and O–H groups in total. The molecule has 9 heteroatoms. The molecule has 2 aromatic carbocycles. The lowest BCUT2D eigenvalue weighted by Gasteiger charge is -2.13. The van der Waals surface area contributed by atoms with Crippen LogP contribution < -0.4 is 0 Å². The van der Waals surface area contributed by atoms with Gasteiger partial charge in [-0.25, -0.2) is 9.67 Å². The smallest absolute Gasteiger partial charge is 0.237 e. The lowest BCUT2D eigenvalue weighted by atomic mass is 10.2. The molecule has 146 valence electrons. The highest BCUT2D eigenvalue weighted by Gasteiger charge is 2.32. The number of alkyl halides is 3. The van der Waals surface area contributed by atoms with Crippen molar-refractivity contribution in [3.05, 3.63) is 81.5 Å². The number of aromatic nitrogens is 2. The molecule has 0 aliphatic heterocycles. The van der Waals surface area contributed by atoms with Gasteiger partial charge in [0.25, 0.3) is 0 Å². The Kier molecular flexibility index (Phi) is 6.06. The third-order valence-electron chi connectivity index (χ3n) is 3.74. The normalized spacial score (nSPS) is 12.0. The molecule has 3 rings (SSSR count). The number of nitriles is 1. The van der Waals surface area contributed by atoms with Gasteiger partial charge >= 0.3 is 6.18 Å². The second-order valence-corrected chi connectivity index (χ2v) is 6.56. The average Bonchev–Trinajstić information content (AvgIpc) is 3.08. The summed E-state index contributed by atoms with van der Waals surface area (Å²) in [6, 6.07) is 14.2. The molecule has 0 atom stereocenters. The number of allylic oxidation sites excluding steroid dienone is 1. The molecule has 0 unspecified atom stereocenters. The average molecular weight is 435 g/mol. The van der Waals surface area contributed by atoms with Gasteiger partial charge in [-0.2, -0.15) is 23.5 Å². The number of halogens is 5. The van der Waals surface area contributed by atoms with Crippen molar-refractivity contribution in [1.29, 1.82) is 5.26 Å². The Labute approximate surface area is 174 Å². The third kappa shape index (κ3) is 4.86. The van der Waals surface area contributed by atoms with Gasteiger partial charge in [0.1, 0.15) is 11.8 Å². The van der Waals surface area contributed by atoms with Crippen molar-refractivity contribution >= 4 is 41.3 Å². The number of benzene rings is 2. The summed E-state index contributed by atoms with van der Waals surface area (Å²) in [6.45, 7) is 0. The largest absolute Gasteiger partial charge is 0.416 e. The van der Waals surface area contributed by atoms with E-state index in [1.54, 1.807) is 6.08 Å². The molecular formula is C20H11Cl2F3N4. The summed E-state index contributed by atoms with van der Waals surface area (Å²) in [5, 5.41) is 12.6. The van der Waals surface area contributed by atoms with Crippen molar-refractivity contribution in [1.82, 2.24) is 9.78 Å². The Morgan fingerprint density at radius 3 is 2.31 bits per heavy atom. The van der Waals surface area contributed by atoms with Crippen LogP contribution in [0.2, 0.25) is 10.0 Å². The van der Waals surface area contributed by atoms with Crippen molar-refractivity contribution < 1.29 is 13.2 Å². The Bertz CT molecular complexity index is 1100. The quantitative estimate of drug-likeness (QED) is 0.440. The van der Waals surface area contributed by atoms with Crippen LogP contribution in [0.4, 0.5) is 19.0 Å². The number of aliphatic imine (C=N–C) groups is 1. The van der Waals surface area contributed by atoms with Crippen LogP contribution >= 0.6 is 23.2 Å². The topological polar surface area (TPSA) is 54.0 Å². The van der Waals surface area contributed by atoms with Crippen LogP contribution in [-0.2, 0) is 6.18 Å². The molecule has 29 heavy (non-hydrogen) atoms. The Hall–Kier alpha value is -3.08. The van der Waals surface area contributed by atoms with E-state index in [0.29, 0.717) is 0 Å². The summed E-state index contributed by atoms with van der Waals surface area (Å²) in [6.07, 6.45) is 0.354. The molecule has 0 amide bonds. The minimum Gasteiger partial charge on any atom is -0.237 e. The maximum atomic E-state index is 13.0. The van der Waals surface area contributed by atoms with Gasteiger partial charge in [-0.15, -0.1) is 0 Å². The second-order valence-electron chi connectivity index (χ2n) is 5.75. The first-order chi connectivity index (χ1) is 13.8. The van der Waals surface area contributed by atoms with Crippen LogP contribution in [0.15, 0.2) is 59.6 Å². The van der Waals surface area contributed by atoms with Crippen molar-refractivity contribution in [2.24, 2.45) is 4.99 Å². The Morgan fingerprint density at radius 1 is 1.07 bits per heavy atom. The monoisotopic (exact) mass is 434 g/mol. The second kappa shape index (κ2) is 8.52. The molecule has 0 fully saturated rings. The van der Waals surface area contributed by atoms with Crippen molar-refractivity contribution in [3.8, 4) is 11.8 Å². The molecule has 0 aliphatic carbocycles. The highest BCUT2D eigenvalue weighted by atomic mass is 35.5. The summed E-state index contributed by atoms with van der Waals surface area (Å²) in [5.41, 5.74) is -0.0167. The lowest BCUT2D eigenvalue weighted by molar-refractivity contribution is -0.137. The Balaban J connectivity index is 1.99. The molecule has 0 spiro atoms. The van der Waals surface area contributed by atoms with Gasteiger partial charge in [0.2, 0.25) is 0 Å². The minimum absolute atomic E-state index is 0.00187. The molecule has 0 bridgehead atoms. The standard InChI is InChI=1S/C20H11Cl2F3N4/c21-16-9-14(20(23,24)25)10-17(22)19(16)29-18(11-15(12-26)28-29)27-8-4-7-13-5-2-1-3-6-13/h1-11H/b7-4+,27-8+.